The lowest BCUT2D eigenvalue weighted by Crippen LogP contribution is -2.39. The van der Waals surface area contributed by atoms with E-state index in [-0.39, 0.29) is 36.3 Å². The molecule has 0 aromatic carbocycles. The molecule has 0 aliphatic heterocycles. The lowest BCUT2D eigenvalue weighted by atomic mass is 10.1. The van der Waals surface area contributed by atoms with Crippen LogP contribution in [-0.4, -0.2) is 41.3 Å². The van der Waals surface area contributed by atoms with Crippen molar-refractivity contribution >= 4 is 29.9 Å². The Labute approximate surface area is 171 Å². The first kappa shape index (κ1) is 23.1. The lowest BCUT2D eigenvalue weighted by Gasteiger charge is -2.16. The van der Waals surface area contributed by atoms with E-state index in [4.69, 9.17) is 4.74 Å². The van der Waals surface area contributed by atoms with Crippen molar-refractivity contribution in [1.82, 2.24) is 20.2 Å². The van der Waals surface area contributed by atoms with Crippen LogP contribution in [0.15, 0.2) is 17.4 Å². The number of aliphatic imine (C=N–C) groups is 1. The average Bonchev–Trinajstić information content (AvgIpc) is 2.92. The number of hydrogen-bond acceptors (Lipinski definition) is 3. The first-order valence-corrected chi connectivity index (χ1v) is 9.14. The van der Waals surface area contributed by atoms with Crippen molar-refractivity contribution in [2.75, 3.05) is 19.7 Å². The van der Waals surface area contributed by atoms with Crippen LogP contribution in [0.4, 0.5) is 8.78 Å². The molecule has 26 heavy (non-hydrogen) atoms. The standard InChI is InChI=1S/C17H29F2N5O.HI/c1-2-20-17(23-13-15-21-9-11-24(15)16(18)19)22-10-12-25-14-7-5-3-4-6-8-14;/h9,11,14,16H,2-8,10,12-13H2,1H3,(H2,20,22,23);1H. The Morgan fingerprint density at radius 1 is 1.31 bits per heavy atom. The Morgan fingerprint density at radius 3 is 2.69 bits per heavy atom. The summed E-state index contributed by atoms with van der Waals surface area (Å²) < 4.78 is 32.4. The number of nitrogens with zero attached hydrogens (tertiary/aromatic N) is 3. The van der Waals surface area contributed by atoms with Gasteiger partial charge in [0.05, 0.1) is 12.7 Å². The van der Waals surface area contributed by atoms with Crippen molar-refractivity contribution in [3.8, 4) is 0 Å². The minimum Gasteiger partial charge on any atom is -0.376 e. The third-order valence-corrected chi connectivity index (χ3v) is 4.23. The zero-order valence-electron chi connectivity index (χ0n) is 15.3. The van der Waals surface area contributed by atoms with Crippen LogP contribution in [0.1, 0.15) is 57.8 Å². The van der Waals surface area contributed by atoms with Crippen molar-refractivity contribution in [3.05, 3.63) is 18.2 Å². The van der Waals surface area contributed by atoms with Gasteiger partial charge in [-0.25, -0.2) is 9.98 Å². The van der Waals surface area contributed by atoms with Crippen LogP contribution >= 0.6 is 24.0 Å². The number of guanidine groups is 1. The normalized spacial score (nSPS) is 16.2. The number of aromatic nitrogens is 2. The Hall–Kier alpha value is -0.970. The largest absolute Gasteiger partial charge is 0.376 e. The molecule has 150 valence electrons. The number of hydrogen-bond donors (Lipinski definition) is 2. The van der Waals surface area contributed by atoms with Crippen LogP contribution in [0.3, 0.4) is 0 Å². The molecule has 0 bridgehead atoms. The van der Waals surface area contributed by atoms with Gasteiger partial charge in [0.2, 0.25) is 0 Å². The maximum absolute atomic E-state index is 12.8. The number of nitrogens with one attached hydrogen (secondary N) is 2. The molecule has 0 radical (unpaired) electrons. The SMILES string of the molecule is CCNC(=NCc1nccn1C(F)F)NCCOC1CCCCCC1.I. The second kappa shape index (κ2) is 13.2. The summed E-state index contributed by atoms with van der Waals surface area (Å²) in [6.45, 7) is 1.39. The highest BCUT2D eigenvalue weighted by molar-refractivity contribution is 14.0. The van der Waals surface area contributed by atoms with Gasteiger partial charge in [-0.1, -0.05) is 25.7 Å². The molecule has 1 aliphatic carbocycles. The van der Waals surface area contributed by atoms with Crippen LogP contribution in [0.25, 0.3) is 0 Å². The zero-order chi connectivity index (χ0) is 17.9. The van der Waals surface area contributed by atoms with E-state index < -0.39 is 6.55 Å². The lowest BCUT2D eigenvalue weighted by molar-refractivity contribution is 0.0468. The van der Waals surface area contributed by atoms with Gasteiger partial charge in [-0.15, -0.1) is 24.0 Å². The Bertz CT molecular complexity index is 519. The summed E-state index contributed by atoms with van der Waals surface area (Å²) in [6, 6.07) is 0. The van der Waals surface area contributed by atoms with E-state index in [9.17, 15) is 8.78 Å². The molecular formula is C17H30F2IN5O. The van der Waals surface area contributed by atoms with Crippen LogP contribution < -0.4 is 10.6 Å². The van der Waals surface area contributed by atoms with Crippen LogP contribution in [-0.2, 0) is 11.3 Å². The van der Waals surface area contributed by atoms with Crippen molar-refractivity contribution in [3.63, 3.8) is 0 Å². The van der Waals surface area contributed by atoms with Gasteiger partial charge < -0.3 is 15.4 Å². The second-order valence-electron chi connectivity index (χ2n) is 6.13. The number of alkyl halides is 2. The summed E-state index contributed by atoms with van der Waals surface area (Å²) in [7, 11) is 0. The highest BCUT2D eigenvalue weighted by atomic mass is 127. The molecule has 1 saturated carbocycles. The molecule has 2 N–H and O–H groups in total. The van der Waals surface area contributed by atoms with Gasteiger partial charge in [0.15, 0.2) is 5.96 Å². The van der Waals surface area contributed by atoms with E-state index in [1.807, 2.05) is 6.92 Å². The second-order valence-corrected chi connectivity index (χ2v) is 6.13. The molecule has 0 amide bonds. The molecule has 1 heterocycles. The molecule has 1 aliphatic rings. The smallest absolute Gasteiger partial charge is 0.319 e. The van der Waals surface area contributed by atoms with Crippen molar-refractivity contribution < 1.29 is 13.5 Å². The molecule has 0 atom stereocenters. The average molecular weight is 485 g/mol. The molecule has 1 fully saturated rings. The molecular weight excluding hydrogens is 455 g/mol. The summed E-state index contributed by atoms with van der Waals surface area (Å²) in [5.41, 5.74) is 0. The molecule has 0 spiro atoms. The summed E-state index contributed by atoms with van der Waals surface area (Å²) in [6.07, 6.45) is 10.4. The van der Waals surface area contributed by atoms with E-state index in [0.29, 0.717) is 31.8 Å². The predicted octanol–water partition coefficient (Wildman–Crippen LogP) is 3.69. The Kier molecular flexibility index (Phi) is 11.7. The van der Waals surface area contributed by atoms with Crippen LogP contribution in [0.2, 0.25) is 0 Å². The summed E-state index contributed by atoms with van der Waals surface area (Å²) >= 11 is 0. The monoisotopic (exact) mass is 485 g/mol. The van der Waals surface area contributed by atoms with E-state index in [1.165, 1.54) is 38.1 Å². The predicted molar refractivity (Wildman–Crippen MR) is 109 cm³/mol. The number of rotatable bonds is 8. The molecule has 1 aromatic heterocycles. The Balaban J connectivity index is 0.00000338. The van der Waals surface area contributed by atoms with Crippen LogP contribution in [0, 0.1) is 0 Å². The van der Waals surface area contributed by atoms with E-state index in [0.717, 1.165) is 17.4 Å². The van der Waals surface area contributed by atoms with Gasteiger partial charge in [0.1, 0.15) is 12.4 Å². The third-order valence-electron chi connectivity index (χ3n) is 4.23. The fourth-order valence-electron chi connectivity index (χ4n) is 2.94. The summed E-state index contributed by atoms with van der Waals surface area (Å²) in [5, 5.41) is 6.28. The fraction of sp³-hybridized carbons (Fsp3) is 0.765. The van der Waals surface area contributed by atoms with Gasteiger partial charge in [-0.3, -0.25) is 4.57 Å². The minimum absolute atomic E-state index is 0. The first-order valence-electron chi connectivity index (χ1n) is 9.14. The highest BCUT2D eigenvalue weighted by Gasteiger charge is 2.13. The molecule has 0 unspecified atom stereocenters. The van der Waals surface area contributed by atoms with Crippen molar-refractivity contribution in [2.45, 2.75) is 64.6 Å². The van der Waals surface area contributed by atoms with Crippen LogP contribution in [0.5, 0.6) is 0 Å². The quantitative estimate of drug-likeness (QED) is 0.194. The Morgan fingerprint density at radius 2 is 2.04 bits per heavy atom. The van der Waals surface area contributed by atoms with Gasteiger partial charge in [0.25, 0.3) is 0 Å². The van der Waals surface area contributed by atoms with Crippen molar-refractivity contribution in [1.29, 1.82) is 0 Å². The maximum Gasteiger partial charge on any atom is 0.319 e. The molecule has 2 rings (SSSR count). The number of halogens is 3. The third kappa shape index (κ3) is 8.15. The number of ether oxygens (including phenoxy) is 1. The molecule has 6 nitrogen and oxygen atoms in total. The van der Waals surface area contributed by atoms with Gasteiger partial charge in [0, 0.05) is 25.5 Å². The highest BCUT2D eigenvalue weighted by Crippen LogP contribution is 2.19. The fourth-order valence-corrected chi connectivity index (χ4v) is 2.94. The van der Waals surface area contributed by atoms with Gasteiger partial charge >= 0.3 is 6.55 Å². The maximum atomic E-state index is 12.8. The topological polar surface area (TPSA) is 63.5 Å². The van der Waals surface area contributed by atoms with E-state index >= 15 is 0 Å². The number of imidazole rings is 1. The summed E-state index contributed by atoms with van der Waals surface area (Å²) in [4.78, 5) is 8.25. The molecule has 9 heteroatoms. The first-order chi connectivity index (χ1) is 12.2. The van der Waals surface area contributed by atoms with E-state index in [1.54, 1.807) is 0 Å². The van der Waals surface area contributed by atoms with Crippen molar-refractivity contribution in [2.24, 2.45) is 4.99 Å². The van der Waals surface area contributed by atoms with E-state index in [2.05, 4.69) is 20.6 Å². The molecule has 0 saturated heterocycles. The zero-order valence-corrected chi connectivity index (χ0v) is 17.6. The minimum atomic E-state index is -2.60. The van der Waals surface area contributed by atoms with Gasteiger partial charge in [-0.2, -0.15) is 8.78 Å². The molecule has 1 aromatic rings. The van der Waals surface area contributed by atoms with Gasteiger partial charge in [-0.05, 0) is 19.8 Å². The summed E-state index contributed by atoms with van der Waals surface area (Å²) in [5.74, 6) is 0.817.